The van der Waals surface area contributed by atoms with Gasteiger partial charge in [-0.2, -0.15) is 9.40 Å². The highest BCUT2D eigenvalue weighted by atomic mass is 32.2. The van der Waals surface area contributed by atoms with Crippen molar-refractivity contribution in [2.45, 2.75) is 30.7 Å². The topological polar surface area (TPSA) is 134 Å². The quantitative estimate of drug-likeness (QED) is 0.381. The molecule has 3 amide bonds. The van der Waals surface area contributed by atoms with E-state index in [4.69, 9.17) is 0 Å². The van der Waals surface area contributed by atoms with Crippen LogP contribution in [0, 0.1) is 11.6 Å². The molecule has 2 aromatic carbocycles. The third kappa shape index (κ3) is 6.25. The van der Waals surface area contributed by atoms with Crippen LogP contribution in [0.5, 0.6) is 0 Å². The molecule has 0 radical (unpaired) electrons. The second-order valence-electron chi connectivity index (χ2n) is 12.0. The van der Waals surface area contributed by atoms with Crippen molar-refractivity contribution in [3.05, 3.63) is 64.9 Å². The second-order valence-corrected chi connectivity index (χ2v) is 13.9. The van der Waals surface area contributed by atoms with E-state index in [1.165, 1.54) is 4.90 Å². The Morgan fingerprint density at radius 1 is 1.00 bits per heavy atom. The molecule has 3 heterocycles. The lowest BCUT2D eigenvalue weighted by Gasteiger charge is -2.36. The Bertz CT molecular complexity index is 1680. The number of anilines is 3. The fourth-order valence-corrected chi connectivity index (χ4v) is 7.04. The number of nitrogens with one attached hydrogen (secondary N) is 3. The summed E-state index contributed by atoms with van der Waals surface area (Å²) in [5, 5.41) is 12.8. The third-order valence-electron chi connectivity index (χ3n) is 7.92. The van der Waals surface area contributed by atoms with Gasteiger partial charge in [-0.1, -0.05) is 13.8 Å². The van der Waals surface area contributed by atoms with Gasteiger partial charge in [0.2, 0.25) is 10.0 Å². The number of amides is 3. The number of rotatable bonds is 6. The molecule has 12 nitrogen and oxygen atoms in total. The SMILES string of the molecule is CN1CCN(c2ccc(C(=O)Nc3n[nH]c4c3CN(S(=O)(=O)c3cc(F)cc(F)c3)CC4(C)C)c(NC(=O)N(C)C)c2)CC1. The molecule has 1 fully saturated rings. The van der Waals surface area contributed by atoms with Crippen LogP contribution in [0.1, 0.15) is 35.5 Å². The van der Waals surface area contributed by atoms with Gasteiger partial charge in [0.05, 0.1) is 16.1 Å². The molecule has 15 heteroatoms. The number of fused-ring (bicyclic) bond motifs is 1. The molecule has 3 aromatic rings. The molecule has 0 aliphatic carbocycles. The summed E-state index contributed by atoms with van der Waals surface area (Å²) in [4.78, 5) is 31.5. The number of carbonyl (C=O) groups is 2. The van der Waals surface area contributed by atoms with Crippen LogP contribution in [0.25, 0.3) is 0 Å². The summed E-state index contributed by atoms with van der Waals surface area (Å²) in [5.74, 6) is -2.47. The first-order valence-electron chi connectivity index (χ1n) is 14.1. The van der Waals surface area contributed by atoms with E-state index in [1.807, 2.05) is 6.07 Å². The highest BCUT2D eigenvalue weighted by Crippen LogP contribution is 2.38. The van der Waals surface area contributed by atoms with E-state index in [-0.39, 0.29) is 24.5 Å². The summed E-state index contributed by atoms with van der Waals surface area (Å²) in [6.07, 6.45) is 0. The third-order valence-corrected chi connectivity index (χ3v) is 9.69. The molecular formula is C29H36F2N8O4S. The van der Waals surface area contributed by atoms with Gasteiger partial charge in [0.15, 0.2) is 5.82 Å². The number of likely N-dealkylation sites (N-methyl/N-ethyl adjacent to an activating group) is 1. The maximum absolute atomic E-state index is 13.9. The van der Waals surface area contributed by atoms with Crippen molar-refractivity contribution in [2.75, 3.05) is 69.4 Å². The number of aromatic nitrogens is 2. The molecular weight excluding hydrogens is 594 g/mol. The zero-order valence-corrected chi connectivity index (χ0v) is 26.1. The number of sulfonamides is 1. The van der Waals surface area contributed by atoms with E-state index in [1.54, 1.807) is 40.1 Å². The molecule has 1 aromatic heterocycles. The molecule has 2 aliphatic heterocycles. The van der Waals surface area contributed by atoms with E-state index >= 15 is 0 Å². The summed E-state index contributed by atoms with van der Waals surface area (Å²) < 4.78 is 55.9. The predicted octanol–water partition coefficient (Wildman–Crippen LogP) is 3.27. The Morgan fingerprint density at radius 2 is 1.66 bits per heavy atom. The van der Waals surface area contributed by atoms with Crippen LogP contribution in [0.2, 0.25) is 0 Å². The lowest BCUT2D eigenvalue weighted by atomic mass is 9.84. The molecule has 0 saturated carbocycles. The molecule has 2 aliphatic rings. The van der Waals surface area contributed by atoms with Crippen molar-refractivity contribution in [1.29, 1.82) is 0 Å². The minimum atomic E-state index is -4.30. The molecule has 44 heavy (non-hydrogen) atoms. The number of nitrogens with zero attached hydrogens (tertiary/aromatic N) is 5. The summed E-state index contributed by atoms with van der Waals surface area (Å²) >= 11 is 0. The van der Waals surface area contributed by atoms with E-state index in [9.17, 15) is 26.8 Å². The smallest absolute Gasteiger partial charge is 0.321 e. The lowest BCUT2D eigenvalue weighted by molar-refractivity contribution is 0.102. The normalized spacial score (nSPS) is 17.2. The summed E-state index contributed by atoms with van der Waals surface area (Å²) in [7, 11) is 0.934. The number of aromatic amines is 1. The van der Waals surface area contributed by atoms with Crippen LogP contribution >= 0.6 is 0 Å². The molecule has 1 saturated heterocycles. The first-order chi connectivity index (χ1) is 20.7. The van der Waals surface area contributed by atoms with Gasteiger partial charge in [-0.05, 0) is 37.4 Å². The average Bonchev–Trinajstić information content (AvgIpc) is 3.36. The zero-order valence-electron chi connectivity index (χ0n) is 25.2. The van der Waals surface area contributed by atoms with Crippen LogP contribution in [0.15, 0.2) is 41.3 Å². The Hall–Kier alpha value is -4.08. The summed E-state index contributed by atoms with van der Waals surface area (Å²) in [5.41, 5.74) is 1.61. The van der Waals surface area contributed by atoms with Crippen LogP contribution in [-0.2, 0) is 22.0 Å². The molecule has 0 atom stereocenters. The molecule has 0 unspecified atom stereocenters. The van der Waals surface area contributed by atoms with E-state index in [0.717, 1.165) is 48.3 Å². The van der Waals surface area contributed by atoms with E-state index < -0.39 is 43.9 Å². The maximum atomic E-state index is 13.9. The Morgan fingerprint density at radius 3 is 2.30 bits per heavy atom. The minimum absolute atomic E-state index is 0.00448. The number of hydrogen-bond acceptors (Lipinski definition) is 7. The number of halogens is 2. The summed E-state index contributed by atoms with van der Waals surface area (Å²) in [6.45, 7) is 6.75. The van der Waals surface area contributed by atoms with Crippen LogP contribution in [0.3, 0.4) is 0 Å². The van der Waals surface area contributed by atoms with Crippen molar-refractivity contribution in [3.63, 3.8) is 0 Å². The number of piperazine rings is 1. The maximum Gasteiger partial charge on any atom is 0.321 e. The standard InChI is InChI=1S/C29H36F2N8O4S/c1-29(2)17-39(44(42,43)21-13-18(30)12-19(31)14-21)16-23-25(29)34-35-26(23)33-27(40)22-7-6-20(38-10-8-37(5)9-11-38)15-24(22)32-28(41)36(3)4/h6-7,12-15H,8-11,16-17H2,1-5H3,(H,32,41)(H2,33,34,35,40). The lowest BCUT2D eigenvalue weighted by Crippen LogP contribution is -2.45. The van der Waals surface area contributed by atoms with Gasteiger partial charge in [0.1, 0.15) is 11.6 Å². The van der Waals surface area contributed by atoms with Gasteiger partial charge < -0.3 is 25.3 Å². The Labute approximate surface area is 255 Å². The molecule has 5 rings (SSSR count). The highest BCUT2D eigenvalue weighted by Gasteiger charge is 2.41. The fourth-order valence-electron chi connectivity index (χ4n) is 5.43. The predicted molar refractivity (Wildman–Crippen MR) is 162 cm³/mol. The Balaban J connectivity index is 1.45. The molecule has 3 N–H and O–H groups in total. The fraction of sp³-hybridized carbons (Fsp3) is 0.414. The number of hydrogen-bond donors (Lipinski definition) is 3. The Kier molecular flexibility index (Phi) is 8.39. The van der Waals surface area contributed by atoms with Crippen molar-refractivity contribution in [3.8, 4) is 0 Å². The van der Waals surface area contributed by atoms with Crippen molar-refractivity contribution in [1.82, 2.24) is 24.3 Å². The van der Waals surface area contributed by atoms with Gasteiger partial charge in [-0.25, -0.2) is 22.0 Å². The number of carbonyl (C=O) groups excluding carboxylic acids is 2. The second kappa shape index (κ2) is 11.8. The minimum Gasteiger partial charge on any atom is -0.369 e. The van der Waals surface area contributed by atoms with Crippen molar-refractivity contribution in [2.24, 2.45) is 0 Å². The van der Waals surface area contributed by atoms with E-state index in [2.05, 4.69) is 37.7 Å². The van der Waals surface area contributed by atoms with Crippen molar-refractivity contribution < 1.29 is 26.8 Å². The van der Waals surface area contributed by atoms with E-state index in [0.29, 0.717) is 23.0 Å². The van der Waals surface area contributed by atoms with Gasteiger partial charge >= 0.3 is 6.03 Å². The average molecular weight is 631 g/mol. The van der Waals surface area contributed by atoms with Crippen LogP contribution < -0.4 is 15.5 Å². The largest absolute Gasteiger partial charge is 0.369 e. The molecule has 236 valence electrons. The first-order valence-corrected chi connectivity index (χ1v) is 15.5. The van der Waals surface area contributed by atoms with Crippen LogP contribution in [-0.4, -0.2) is 98.5 Å². The van der Waals surface area contributed by atoms with Gasteiger partial charge in [0.25, 0.3) is 5.91 Å². The number of urea groups is 1. The van der Waals surface area contributed by atoms with Gasteiger partial charge in [0, 0.05) is 81.8 Å². The van der Waals surface area contributed by atoms with Crippen molar-refractivity contribution >= 4 is 39.2 Å². The molecule has 0 bridgehead atoms. The zero-order chi connectivity index (χ0) is 32.0. The van der Waals surface area contributed by atoms with Gasteiger partial charge in [-0.15, -0.1) is 0 Å². The van der Waals surface area contributed by atoms with Gasteiger partial charge in [-0.3, -0.25) is 9.89 Å². The number of H-pyrrole nitrogens is 1. The highest BCUT2D eigenvalue weighted by molar-refractivity contribution is 7.89. The van der Waals surface area contributed by atoms with Crippen LogP contribution in [0.4, 0.5) is 30.8 Å². The summed E-state index contributed by atoms with van der Waals surface area (Å²) in [6, 6.07) is 6.95. The monoisotopic (exact) mass is 630 g/mol. The molecule has 0 spiro atoms. The first kappa shape index (κ1) is 31.3. The number of benzene rings is 2.